The Hall–Kier alpha value is -4.25. The summed E-state index contributed by atoms with van der Waals surface area (Å²) in [5.74, 6) is 1.35. The molecule has 0 saturated carbocycles. The van der Waals surface area contributed by atoms with Gasteiger partial charge in [-0.05, 0) is 58.6 Å². The van der Waals surface area contributed by atoms with Crippen LogP contribution in [-0.4, -0.2) is 24.1 Å². The van der Waals surface area contributed by atoms with E-state index in [0.29, 0.717) is 12.4 Å². The minimum absolute atomic E-state index is 0.0146. The number of nitrogens with zero attached hydrogens (tertiary/aromatic N) is 4. The van der Waals surface area contributed by atoms with Crippen molar-refractivity contribution in [2.45, 2.75) is 18.0 Å². The number of anilines is 2. The van der Waals surface area contributed by atoms with Crippen LogP contribution in [0.25, 0.3) is 0 Å². The second kappa shape index (κ2) is 9.37. The smallest absolute Gasteiger partial charge is 0.262 e. The number of thiophene rings is 3. The Morgan fingerprint density at radius 3 is 1.86 bits per heavy atom. The fourth-order valence-electron chi connectivity index (χ4n) is 7.53. The summed E-state index contributed by atoms with van der Waals surface area (Å²) in [6, 6.07) is 32.2. The van der Waals surface area contributed by atoms with E-state index in [2.05, 4.69) is 86.6 Å². The van der Waals surface area contributed by atoms with Crippen LogP contribution in [-0.2, 0) is 4.79 Å². The third-order valence-corrected chi connectivity index (χ3v) is 12.0. The van der Waals surface area contributed by atoms with E-state index >= 15 is 4.79 Å². The van der Waals surface area contributed by atoms with Gasteiger partial charge in [0.15, 0.2) is 0 Å². The van der Waals surface area contributed by atoms with Crippen LogP contribution in [0, 0.1) is 10.8 Å². The number of nitrogens with one attached hydrogen (secondary N) is 2. The minimum Gasteiger partial charge on any atom is -0.286 e. The standard InChI is InChI=1S/C33H26N6OS3/c40-31-33-26(23-14-7-17-41-23)32(27(24-15-8-18-42-24)34-30(33)37-39(31)22-12-5-2-6-13-22)20-38(21-10-3-1-4-11-21)36-29(32)35-28(33)25-16-9-19-43-25/h1-19,26-28H,20H2,(H,34,37)(H,35,36)/t26-,27+,28-,32?,33?/m0/s1. The van der Waals surface area contributed by atoms with E-state index in [0.717, 1.165) is 27.0 Å². The van der Waals surface area contributed by atoms with E-state index in [1.54, 1.807) is 39.0 Å². The number of amides is 1. The normalized spacial score (nSPS) is 28.9. The summed E-state index contributed by atoms with van der Waals surface area (Å²) in [5, 5.41) is 10.2. The van der Waals surface area contributed by atoms with Crippen molar-refractivity contribution in [2.75, 3.05) is 16.6 Å². The van der Waals surface area contributed by atoms with Gasteiger partial charge in [-0.15, -0.1) is 34.0 Å². The maximum absolute atomic E-state index is 15.3. The average Bonchev–Trinajstić information content (AvgIpc) is 3.88. The maximum Gasteiger partial charge on any atom is 0.262 e. The van der Waals surface area contributed by atoms with Gasteiger partial charge in [0.05, 0.1) is 23.3 Å². The average molecular weight is 619 g/mol. The van der Waals surface area contributed by atoms with E-state index in [9.17, 15) is 0 Å². The number of para-hydroxylation sites is 2. The number of hydrogen-bond donors (Lipinski definition) is 2. The highest BCUT2D eigenvalue weighted by atomic mass is 32.1. The molecule has 2 spiro atoms. The molecule has 2 unspecified atom stereocenters. The highest BCUT2D eigenvalue weighted by molar-refractivity contribution is 7.10. The van der Waals surface area contributed by atoms with Crippen LogP contribution in [0.2, 0.25) is 0 Å². The Morgan fingerprint density at radius 2 is 1.23 bits per heavy atom. The number of hydrazine groups is 2. The summed E-state index contributed by atoms with van der Waals surface area (Å²) in [6.45, 7) is 0.620. The predicted octanol–water partition coefficient (Wildman–Crippen LogP) is 6.81. The van der Waals surface area contributed by atoms with Crippen LogP contribution < -0.4 is 20.9 Å². The van der Waals surface area contributed by atoms with Crippen molar-refractivity contribution in [3.63, 3.8) is 0 Å². The first kappa shape index (κ1) is 25.3. The van der Waals surface area contributed by atoms with Crippen LogP contribution in [0.5, 0.6) is 0 Å². The molecule has 0 aliphatic carbocycles. The quantitative estimate of drug-likeness (QED) is 0.227. The zero-order valence-corrected chi connectivity index (χ0v) is 25.3. The lowest BCUT2D eigenvalue weighted by Gasteiger charge is -2.55. The second-order valence-electron chi connectivity index (χ2n) is 11.3. The SMILES string of the molecule is O=C1N(c2ccccc2)NC2=N[C@H](c3cccs3)C34CN(c5ccccc5)NC3=N[C@@H](c3cccs3)C12[C@H]4c1cccs1. The van der Waals surface area contributed by atoms with Gasteiger partial charge in [0.1, 0.15) is 29.2 Å². The molecule has 212 valence electrons. The zero-order chi connectivity index (χ0) is 28.6. The van der Waals surface area contributed by atoms with Gasteiger partial charge in [-0.3, -0.25) is 30.6 Å². The van der Waals surface area contributed by atoms with E-state index < -0.39 is 16.9 Å². The highest BCUT2D eigenvalue weighted by Gasteiger charge is 2.76. The second-order valence-corrected chi connectivity index (χ2v) is 14.2. The number of amidine groups is 2. The Balaban J connectivity index is 1.36. The summed E-state index contributed by atoms with van der Waals surface area (Å²) in [6.07, 6.45) is 0. The van der Waals surface area contributed by atoms with Crippen LogP contribution in [0.4, 0.5) is 11.4 Å². The van der Waals surface area contributed by atoms with Crippen molar-refractivity contribution in [1.29, 1.82) is 0 Å². The molecule has 2 bridgehead atoms. The predicted molar refractivity (Wildman–Crippen MR) is 175 cm³/mol. The van der Waals surface area contributed by atoms with E-state index in [-0.39, 0.29) is 17.9 Å². The van der Waals surface area contributed by atoms with Crippen molar-refractivity contribution in [3.8, 4) is 0 Å². The molecule has 0 radical (unpaired) electrons. The van der Waals surface area contributed by atoms with Gasteiger partial charge in [-0.2, -0.15) is 0 Å². The van der Waals surface area contributed by atoms with Crippen molar-refractivity contribution in [2.24, 2.45) is 20.8 Å². The number of carbonyl (C=O) groups is 1. The first-order valence-electron chi connectivity index (χ1n) is 14.2. The lowest BCUT2D eigenvalue weighted by molar-refractivity contribution is -0.127. The number of hydrogen-bond acceptors (Lipinski definition) is 9. The molecule has 2 fully saturated rings. The van der Waals surface area contributed by atoms with Crippen molar-refractivity contribution >= 4 is 63.0 Å². The molecule has 1 amide bonds. The Labute approximate surface area is 260 Å². The first-order valence-corrected chi connectivity index (χ1v) is 16.9. The van der Waals surface area contributed by atoms with Gasteiger partial charge in [0, 0.05) is 20.5 Å². The van der Waals surface area contributed by atoms with Crippen LogP contribution in [0.1, 0.15) is 32.6 Å². The molecular weight excluding hydrogens is 593 g/mol. The van der Waals surface area contributed by atoms with E-state index in [4.69, 9.17) is 9.98 Å². The number of rotatable bonds is 5. The van der Waals surface area contributed by atoms with Gasteiger partial charge in [-0.1, -0.05) is 54.6 Å². The Morgan fingerprint density at radius 1 is 0.651 bits per heavy atom. The molecule has 7 nitrogen and oxygen atoms in total. The van der Waals surface area contributed by atoms with Crippen LogP contribution >= 0.6 is 34.0 Å². The molecule has 3 aromatic heterocycles. The maximum atomic E-state index is 15.3. The molecule has 4 aliphatic rings. The monoisotopic (exact) mass is 618 g/mol. The van der Waals surface area contributed by atoms with E-state index in [1.165, 1.54) is 4.88 Å². The van der Waals surface area contributed by atoms with Crippen LogP contribution in [0.15, 0.2) is 123 Å². The van der Waals surface area contributed by atoms with Gasteiger partial charge in [0.25, 0.3) is 5.91 Å². The number of carbonyl (C=O) groups excluding carboxylic acids is 1. The molecule has 7 heterocycles. The fourth-order valence-corrected chi connectivity index (χ4v) is 10.2. The fraction of sp³-hybridized carbons (Fsp3) is 0.182. The molecule has 10 heteroatoms. The lowest BCUT2D eigenvalue weighted by atomic mass is 9.51. The van der Waals surface area contributed by atoms with E-state index in [1.807, 2.05) is 42.5 Å². The third-order valence-electron chi connectivity index (χ3n) is 9.21. The molecule has 5 atom stereocenters. The third kappa shape index (κ3) is 3.36. The topological polar surface area (TPSA) is 72.3 Å². The van der Waals surface area contributed by atoms with Gasteiger partial charge >= 0.3 is 0 Å². The molecule has 43 heavy (non-hydrogen) atoms. The zero-order valence-electron chi connectivity index (χ0n) is 22.8. The first-order chi connectivity index (χ1) is 21.2. The van der Waals surface area contributed by atoms with Gasteiger partial charge in [-0.25, -0.2) is 5.01 Å². The van der Waals surface area contributed by atoms with Crippen molar-refractivity contribution < 1.29 is 4.79 Å². The lowest BCUT2D eigenvalue weighted by Crippen LogP contribution is -2.62. The summed E-state index contributed by atoms with van der Waals surface area (Å²) in [4.78, 5) is 29.9. The molecule has 9 rings (SSSR count). The molecular formula is C33H26N6OS3. The molecule has 5 aromatic rings. The Bertz CT molecular complexity index is 1860. The molecule has 4 aliphatic heterocycles. The van der Waals surface area contributed by atoms with Crippen molar-refractivity contribution in [3.05, 3.63) is 128 Å². The minimum atomic E-state index is -1.06. The molecule has 2 saturated heterocycles. The number of aliphatic imine (C=N–C) groups is 2. The van der Waals surface area contributed by atoms with Crippen molar-refractivity contribution in [1.82, 2.24) is 10.9 Å². The summed E-state index contributed by atoms with van der Waals surface area (Å²) in [7, 11) is 0. The largest absolute Gasteiger partial charge is 0.286 e. The van der Waals surface area contributed by atoms with Crippen LogP contribution in [0.3, 0.4) is 0 Å². The highest BCUT2D eigenvalue weighted by Crippen LogP contribution is 2.70. The number of benzene rings is 2. The summed E-state index contributed by atoms with van der Waals surface area (Å²) >= 11 is 5.08. The molecule has 2 aromatic carbocycles. The summed E-state index contributed by atoms with van der Waals surface area (Å²) < 4.78 is 0. The summed E-state index contributed by atoms with van der Waals surface area (Å²) in [5.41, 5.74) is 7.47. The van der Waals surface area contributed by atoms with Gasteiger partial charge in [0.2, 0.25) is 0 Å². The Kier molecular flexibility index (Phi) is 5.51. The van der Waals surface area contributed by atoms with Gasteiger partial charge < -0.3 is 0 Å². The molecule has 2 N–H and O–H groups in total.